The average Bonchev–Trinajstić information content (AvgIpc) is 3.52. The van der Waals surface area contributed by atoms with E-state index in [4.69, 9.17) is 0 Å². The van der Waals surface area contributed by atoms with Crippen LogP contribution in [0.4, 0.5) is 0 Å². The monoisotopic (exact) mass is 380 g/mol. The van der Waals surface area contributed by atoms with Crippen molar-refractivity contribution in [2.75, 3.05) is 6.54 Å². The maximum Gasteiger partial charge on any atom is 0.137 e. The zero-order valence-electron chi connectivity index (χ0n) is 16.8. The first-order valence-electron chi connectivity index (χ1n) is 10.2. The Bertz CT molecular complexity index is 1170. The highest BCUT2D eigenvalue weighted by molar-refractivity contribution is 5.86. The zero-order chi connectivity index (χ0) is 20.0. The van der Waals surface area contributed by atoms with E-state index in [0.29, 0.717) is 0 Å². The Labute approximate surface area is 171 Å². The summed E-state index contributed by atoms with van der Waals surface area (Å²) in [6.07, 6.45) is 10.7. The number of allylic oxidation sites excluding steroid dienone is 2. The molecule has 4 heteroatoms. The van der Waals surface area contributed by atoms with Gasteiger partial charge in [-0.2, -0.15) is 5.26 Å². The highest BCUT2D eigenvalue weighted by Crippen LogP contribution is 2.40. The summed E-state index contributed by atoms with van der Waals surface area (Å²) in [7, 11) is 0. The van der Waals surface area contributed by atoms with Crippen molar-refractivity contribution in [2.45, 2.75) is 38.1 Å². The number of hydrogen-bond acceptors (Lipinski definition) is 3. The number of nitrogens with zero attached hydrogens (tertiary/aromatic N) is 3. The van der Waals surface area contributed by atoms with Crippen molar-refractivity contribution in [1.82, 2.24) is 14.9 Å². The van der Waals surface area contributed by atoms with Crippen LogP contribution in [-0.2, 0) is 0 Å². The van der Waals surface area contributed by atoms with Gasteiger partial charge in [-0.15, -0.1) is 0 Å². The number of nitrogens with one attached hydrogen (secondary N) is 1. The van der Waals surface area contributed by atoms with Crippen molar-refractivity contribution in [3.05, 3.63) is 72.0 Å². The molecule has 29 heavy (non-hydrogen) atoms. The Balaban J connectivity index is 1.50. The van der Waals surface area contributed by atoms with Crippen LogP contribution in [0.1, 0.15) is 43.7 Å². The summed E-state index contributed by atoms with van der Waals surface area (Å²) in [5.74, 6) is 0.773. The first-order chi connectivity index (χ1) is 14.0. The van der Waals surface area contributed by atoms with Gasteiger partial charge >= 0.3 is 0 Å². The summed E-state index contributed by atoms with van der Waals surface area (Å²) in [5, 5.41) is 10.7. The van der Waals surface area contributed by atoms with Gasteiger partial charge in [-0.3, -0.25) is 0 Å². The largest absolute Gasteiger partial charge is 0.349 e. The normalized spacial score (nSPS) is 16.7. The van der Waals surface area contributed by atoms with Crippen LogP contribution in [-0.4, -0.2) is 27.0 Å². The Hall–Kier alpha value is -3.32. The van der Waals surface area contributed by atoms with Crippen LogP contribution < -0.4 is 0 Å². The molecule has 0 bridgehead atoms. The molecule has 3 heterocycles. The third-order valence-electron chi connectivity index (χ3n) is 5.95. The minimum Gasteiger partial charge on any atom is -0.349 e. The van der Waals surface area contributed by atoms with Gasteiger partial charge in [-0.25, -0.2) is 4.98 Å². The number of benzene rings is 1. The summed E-state index contributed by atoms with van der Waals surface area (Å²) in [6.45, 7) is 4.62. The van der Waals surface area contributed by atoms with E-state index in [-0.39, 0.29) is 0 Å². The second-order valence-corrected chi connectivity index (χ2v) is 8.50. The smallest absolute Gasteiger partial charge is 0.137 e. The lowest BCUT2D eigenvalue weighted by molar-refractivity contribution is 0.284. The van der Waals surface area contributed by atoms with Gasteiger partial charge in [0.1, 0.15) is 11.2 Å². The average molecular weight is 380 g/mol. The van der Waals surface area contributed by atoms with Crippen molar-refractivity contribution < 1.29 is 0 Å². The van der Waals surface area contributed by atoms with Gasteiger partial charge in [-0.05, 0) is 61.9 Å². The molecule has 0 spiro atoms. The third kappa shape index (κ3) is 3.23. The van der Waals surface area contributed by atoms with Crippen molar-refractivity contribution in [2.24, 2.45) is 0 Å². The summed E-state index contributed by atoms with van der Waals surface area (Å²) in [6, 6.07) is 15.6. The van der Waals surface area contributed by atoms with Crippen LogP contribution in [0.5, 0.6) is 0 Å². The molecule has 3 aromatic rings. The molecule has 5 rings (SSSR count). The lowest BCUT2D eigenvalue weighted by atomic mass is 9.99. The Kier molecular flexibility index (Phi) is 4.06. The first-order valence-corrected chi connectivity index (χ1v) is 10.2. The van der Waals surface area contributed by atoms with Crippen LogP contribution in [0.25, 0.3) is 28.0 Å². The third-order valence-corrected chi connectivity index (χ3v) is 5.95. The maximum absolute atomic E-state index is 9.61. The molecule has 0 atom stereocenters. The molecule has 2 aliphatic rings. The summed E-state index contributed by atoms with van der Waals surface area (Å²) >= 11 is 0. The molecule has 1 aromatic carbocycles. The Morgan fingerprint density at radius 3 is 2.66 bits per heavy atom. The van der Waals surface area contributed by atoms with E-state index in [1.165, 1.54) is 24.0 Å². The molecule has 0 unspecified atom stereocenters. The number of H-pyrrole nitrogens is 1. The molecule has 0 amide bonds. The van der Waals surface area contributed by atoms with Crippen molar-refractivity contribution in [1.29, 1.82) is 5.26 Å². The fraction of sp³-hybridized carbons (Fsp3) is 0.280. The molecule has 1 N–H and O–H groups in total. The number of aromatic amines is 1. The topological polar surface area (TPSA) is 55.7 Å². The van der Waals surface area contributed by atoms with Gasteiger partial charge in [0, 0.05) is 35.1 Å². The van der Waals surface area contributed by atoms with E-state index in [1.54, 1.807) is 0 Å². The van der Waals surface area contributed by atoms with Gasteiger partial charge in [-0.1, -0.05) is 36.4 Å². The Morgan fingerprint density at radius 2 is 1.93 bits per heavy atom. The van der Waals surface area contributed by atoms with Crippen molar-refractivity contribution >= 4 is 16.7 Å². The van der Waals surface area contributed by atoms with Crippen LogP contribution in [0.3, 0.4) is 0 Å². The quantitative estimate of drug-likeness (QED) is 0.639. The SMILES string of the molecule is CC(C)(C#N)N1CC=CC=C1c1cnc2[nH]c(-c3ccc(C4CC4)cc3)cc2c1. The molecular weight excluding hydrogens is 356 g/mol. The number of rotatable bonds is 4. The minimum atomic E-state index is -0.585. The lowest BCUT2D eigenvalue weighted by Crippen LogP contribution is -2.42. The van der Waals surface area contributed by atoms with Crippen LogP contribution >= 0.6 is 0 Å². The van der Waals surface area contributed by atoms with Crippen LogP contribution in [0.2, 0.25) is 0 Å². The molecule has 1 aliphatic carbocycles. The fourth-order valence-corrected chi connectivity index (χ4v) is 4.02. The molecule has 1 aliphatic heterocycles. The highest BCUT2D eigenvalue weighted by Gasteiger charge is 2.29. The maximum atomic E-state index is 9.61. The van der Waals surface area contributed by atoms with Crippen LogP contribution in [0, 0.1) is 11.3 Å². The molecule has 144 valence electrons. The highest BCUT2D eigenvalue weighted by atomic mass is 15.2. The van der Waals surface area contributed by atoms with Gasteiger partial charge in [0.15, 0.2) is 0 Å². The van der Waals surface area contributed by atoms with Crippen LogP contribution in [0.15, 0.2) is 60.8 Å². The van der Waals surface area contributed by atoms with E-state index in [1.807, 2.05) is 26.1 Å². The summed E-state index contributed by atoms with van der Waals surface area (Å²) < 4.78 is 0. The first kappa shape index (κ1) is 17.8. The summed E-state index contributed by atoms with van der Waals surface area (Å²) in [4.78, 5) is 10.2. The van der Waals surface area contributed by atoms with E-state index in [2.05, 4.69) is 69.5 Å². The predicted octanol–water partition coefficient (Wildman–Crippen LogP) is 5.62. The fourth-order valence-electron chi connectivity index (χ4n) is 4.02. The Morgan fingerprint density at radius 1 is 1.14 bits per heavy atom. The van der Waals surface area contributed by atoms with Gasteiger partial charge in [0.05, 0.1) is 6.07 Å². The van der Waals surface area contributed by atoms with E-state index >= 15 is 0 Å². The van der Waals surface area contributed by atoms with Crippen molar-refractivity contribution in [3.8, 4) is 17.3 Å². The molecule has 0 radical (unpaired) electrons. The number of nitriles is 1. The van der Waals surface area contributed by atoms with Crippen molar-refractivity contribution in [3.63, 3.8) is 0 Å². The van der Waals surface area contributed by atoms with E-state index in [0.717, 1.165) is 40.5 Å². The van der Waals surface area contributed by atoms with E-state index < -0.39 is 5.54 Å². The van der Waals surface area contributed by atoms with E-state index in [9.17, 15) is 5.26 Å². The molecule has 1 saturated carbocycles. The summed E-state index contributed by atoms with van der Waals surface area (Å²) in [5.41, 5.74) is 6.07. The number of aromatic nitrogens is 2. The predicted molar refractivity (Wildman–Crippen MR) is 117 cm³/mol. The number of fused-ring (bicyclic) bond motifs is 1. The zero-order valence-corrected chi connectivity index (χ0v) is 16.8. The number of hydrogen-bond donors (Lipinski definition) is 1. The second-order valence-electron chi connectivity index (χ2n) is 8.50. The molecule has 4 nitrogen and oxygen atoms in total. The molecule has 2 aromatic heterocycles. The van der Waals surface area contributed by atoms with Gasteiger partial charge in [0.25, 0.3) is 0 Å². The standard InChI is InChI=1S/C25H24N4/c1-25(2,16-26)29-12-4-3-5-23(29)21-13-20-14-22(28-24(20)27-15-21)19-10-8-18(9-11-19)17-6-7-17/h3-5,8-11,13-15,17H,6-7,12H2,1-2H3,(H,27,28). The van der Waals surface area contributed by atoms with Gasteiger partial charge in [0.2, 0.25) is 0 Å². The second kappa shape index (κ2) is 6.63. The molecule has 0 saturated heterocycles. The minimum absolute atomic E-state index is 0.585. The lowest BCUT2D eigenvalue weighted by Gasteiger charge is -2.37. The molecule has 1 fully saturated rings. The number of pyridine rings is 1. The molecular formula is C25H24N4. The van der Waals surface area contributed by atoms with Gasteiger partial charge < -0.3 is 9.88 Å².